The van der Waals surface area contributed by atoms with E-state index in [0.717, 1.165) is 37.7 Å². The highest BCUT2D eigenvalue weighted by molar-refractivity contribution is 9.10. The van der Waals surface area contributed by atoms with Gasteiger partial charge in [0.2, 0.25) is 0 Å². The van der Waals surface area contributed by atoms with Gasteiger partial charge in [0.05, 0.1) is 0 Å². The van der Waals surface area contributed by atoms with Crippen molar-refractivity contribution in [2.75, 3.05) is 0 Å². The molecule has 0 saturated carbocycles. The second-order valence-electron chi connectivity index (χ2n) is 4.43. The molecule has 0 aliphatic heterocycles. The first-order chi connectivity index (χ1) is 9.01. The Hall–Kier alpha value is -1.03. The van der Waals surface area contributed by atoms with Crippen molar-refractivity contribution >= 4 is 27.5 Å². The van der Waals surface area contributed by atoms with Gasteiger partial charge in [-0.15, -0.1) is 0 Å². The number of benzene rings is 2. The van der Waals surface area contributed by atoms with E-state index in [1.54, 1.807) is 0 Å². The summed E-state index contributed by atoms with van der Waals surface area (Å²) in [7, 11) is 0. The molecule has 2 rings (SSSR count). The predicted octanol–water partition coefficient (Wildman–Crippen LogP) is 4.97. The highest BCUT2D eigenvalue weighted by Crippen LogP contribution is 2.31. The molecule has 100 valence electrons. The third kappa shape index (κ3) is 3.30. The molecule has 0 heterocycles. The zero-order chi connectivity index (χ0) is 14.0. The van der Waals surface area contributed by atoms with E-state index in [9.17, 15) is 0 Å². The second-order valence-corrected chi connectivity index (χ2v) is 5.66. The van der Waals surface area contributed by atoms with E-state index in [4.69, 9.17) is 22.1 Å². The van der Waals surface area contributed by atoms with Gasteiger partial charge in [0, 0.05) is 16.0 Å². The molecule has 0 bridgehead atoms. The zero-order valence-electron chi connectivity index (χ0n) is 10.8. The lowest BCUT2D eigenvalue weighted by Crippen LogP contribution is -1.97. The Bertz CT molecular complexity index is 590. The molecule has 2 nitrogen and oxygen atoms in total. The summed E-state index contributed by atoms with van der Waals surface area (Å²) in [5, 5.41) is 0.784. The van der Waals surface area contributed by atoms with Crippen molar-refractivity contribution in [3.8, 4) is 11.5 Å². The third-order valence-corrected chi connectivity index (χ3v) is 4.22. The van der Waals surface area contributed by atoms with Crippen LogP contribution in [-0.4, -0.2) is 0 Å². The summed E-state index contributed by atoms with van der Waals surface area (Å²) in [5.41, 5.74) is 8.69. The Morgan fingerprint density at radius 1 is 1.11 bits per heavy atom. The molecule has 0 aliphatic rings. The summed E-state index contributed by atoms with van der Waals surface area (Å²) in [6.07, 6.45) is 0. The van der Waals surface area contributed by atoms with E-state index in [-0.39, 0.29) is 0 Å². The lowest BCUT2D eigenvalue weighted by Gasteiger charge is -2.11. The average molecular weight is 341 g/mol. The highest BCUT2D eigenvalue weighted by Gasteiger charge is 2.06. The van der Waals surface area contributed by atoms with Gasteiger partial charge in [-0.05, 0) is 54.8 Å². The van der Waals surface area contributed by atoms with Crippen LogP contribution < -0.4 is 10.5 Å². The van der Waals surface area contributed by atoms with Crippen LogP contribution in [0, 0.1) is 13.8 Å². The van der Waals surface area contributed by atoms with Crippen LogP contribution in [0.4, 0.5) is 0 Å². The second kappa shape index (κ2) is 5.95. The summed E-state index contributed by atoms with van der Waals surface area (Å²) in [6, 6.07) is 9.64. The van der Waals surface area contributed by atoms with E-state index in [2.05, 4.69) is 15.9 Å². The molecule has 0 atom stereocenters. The molecule has 0 unspecified atom stereocenters. The highest BCUT2D eigenvalue weighted by atomic mass is 79.9. The Balaban J connectivity index is 2.29. The molecule has 0 amide bonds. The number of aryl methyl sites for hydroxylation is 2. The molecule has 0 saturated heterocycles. The van der Waals surface area contributed by atoms with E-state index in [0.29, 0.717) is 6.54 Å². The maximum atomic E-state index is 6.14. The standard InChI is InChI=1S/C15H15BrClNO/c1-9-5-13(6-10(2)15(9)17)19-12-4-3-11(8-18)14(16)7-12/h3-7H,8,18H2,1-2H3. The molecule has 4 heteroatoms. The monoisotopic (exact) mass is 339 g/mol. The van der Waals surface area contributed by atoms with Crippen molar-refractivity contribution in [3.63, 3.8) is 0 Å². The number of hydrogen-bond acceptors (Lipinski definition) is 2. The lowest BCUT2D eigenvalue weighted by atomic mass is 10.1. The van der Waals surface area contributed by atoms with Gasteiger partial charge in [-0.25, -0.2) is 0 Å². The fraction of sp³-hybridized carbons (Fsp3) is 0.200. The van der Waals surface area contributed by atoms with Crippen LogP contribution in [0.1, 0.15) is 16.7 Å². The van der Waals surface area contributed by atoms with Gasteiger partial charge in [0.1, 0.15) is 11.5 Å². The van der Waals surface area contributed by atoms with Gasteiger partial charge >= 0.3 is 0 Å². The lowest BCUT2D eigenvalue weighted by molar-refractivity contribution is 0.481. The molecular formula is C15H15BrClNO. The molecule has 0 spiro atoms. The number of ether oxygens (including phenoxy) is 1. The van der Waals surface area contributed by atoms with Crippen molar-refractivity contribution in [1.82, 2.24) is 0 Å². The molecule has 19 heavy (non-hydrogen) atoms. The molecule has 0 aromatic heterocycles. The molecule has 2 N–H and O–H groups in total. The van der Waals surface area contributed by atoms with Crippen molar-refractivity contribution in [2.24, 2.45) is 5.73 Å². The minimum atomic E-state index is 0.500. The summed E-state index contributed by atoms with van der Waals surface area (Å²) in [4.78, 5) is 0. The number of nitrogens with two attached hydrogens (primary N) is 1. The van der Waals surface area contributed by atoms with Gasteiger partial charge in [0.15, 0.2) is 0 Å². The first-order valence-corrected chi connectivity index (χ1v) is 7.11. The largest absolute Gasteiger partial charge is 0.457 e. The van der Waals surface area contributed by atoms with Gasteiger partial charge in [-0.3, -0.25) is 0 Å². The van der Waals surface area contributed by atoms with Crippen LogP contribution in [0.3, 0.4) is 0 Å². The fourth-order valence-electron chi connectivity index (χ4n) is 1.86. The van der Waals surface area contributed by atoms with Crippen LogP contribution in [0.2, 0.25) is 5.02 Å². The van der Waals surface area contributed by atoms with Gasteiger partial charge in [-0.2, -0.15) is 0 Å². The van der Waals surface area contributed by atoms with Gasteiger partial charge in [0.25, 0.3) is 0 Å². The first kappa shape index (κ1) is 14.4. The van der Waals surface area contributed by atoms with Crippen LogP contribution >= 0.6 is 27.5 Å². The predicted molar refractivity (Wildman–Crippen MR) is 83.0 cm³/mol. The van der Waals surface area contributed by atoms with E-state index in [1.807, 2.05) is 44.2 Å². The minimum absolute atomic E-state index is 0.500. The average Bonchev–Trinajstić information content (AvgIpc) is 2.36. The minimum Gasteiger partial charge on any atom is -0.457 e. The summed E-state index contributed by atoms with van der Waals surface area (Å²) >= 11 is 9.62. The smallest absolute Gasteiger partial charge is 0.128 e. The first-order valence-electron chi connectivity index (χ1n) is 5.94. The quantitative estimate of drug-likeness (QED) is 0.856. The van der Waals surface area contributed by atoms with Crippen LogP contribution in [-0.2, 0) is 6.54 Å². The third-order valence-electron chi connectivity index (χ3n) is 2.89. The van der Waals surface area contributed by atoms with Crippen LogP contribution in [0.5, 0.6) is 11.5 Å². The molecule has 0 radical (unpaired) electrons. The number of hydrogen-bond donors (Lipinski definition) is 1. The SMILES string of the molecule is Cc1cc(Oc2ccc(CN)c(Br)c2)cc(C)c1Cl. The Morgan fingerprint density at radius 2 is 1.74 bits per heavy atom. The number of halogens is 2. The van der Waals surface area contributed by atoms with E-state index >= 15 is 0 Å². The van der Waals surface area contributed by atoms with Crippen molar-refractivity contribution in [1.29, 1.82) is 0 Å². The van der Waals surface area contributed by atoms with Crippen molar-refractivity contribution in [2.45, 2.75) is 20.4 Å². The molecule has 2 aromatic carbocycles. The Morgan fingerprint density at radius 3 is 2.26 bits per heavy atom. The molecular weight excluding hydrogens is 326 g/mol. The summed E-state index contributed by atoms with van der Waals surface area (Å²) in [6.45, 7) is 4.44. The molecule has 0 fully saturated rings. The fourth-order valence-corrected chi connectivity index (χ4v) is 2.49. The summed E-state index contributed by atoms with van der Waals surface area (Å²) < 4.78 is 6.80. The Kier molecular flexibility index (Phi) is 4.50. The molecule has 2 aromatic rings. The maximum Gasteiger partial charge on any atom is 0.128 e. The van der Waals surface area contributed by atoms with Gasteiger partial charge < -0.3 is 10.5 Å². The maximum absolute atomic E-state index is 6.14. The van der Waals surface area contributed by atoms with Crippen LogP contribution in [0.25, 0.3) is 0 Å². The van der Waals surface area contributed by atoms with Gasteiger partial charge in [-0.1, -0.05) is 33.6 Å². The van der Waals surface area contributed by atoms with Crippen molar-refractivity contribution < 1.29 is 4.74 Å². The van der Waals surface area contributed by atoms with E-state index < -0.39 is 0 Å². The van der Waals surface area contributed by atoms with Crippen LogP contribution in [0.15, 0.2) is 34.8 Å². The normalized spacial score (nSPS) is 10.6. The van der Waals surface area contributed by atoms with Crippen molar-refractivity contribution in [3.05, 3.63) is 56.5 Å². The topological polar surface area (TPSA) is 35.2 Å². The van der Waals surface area contributed by atoms with E-state index in [1.165, 1.54) is 0 Å². The summed E-state index contributed by atoms with van der Waals surface area (Å²) in [5.74, 6) is 1.55. The number of rotatable bonds is 3. The molecule has 0 aliphatic carbocycles. The Labute approximate surface area is 126 Å². The zero-order valence-corrected chi connectivity index (χ0v) is 13.2.